The molecular weight excluding hydrogens is 344 g/mol. The molecule has 0 aliphatic carbocycles. The fourth-order valence-electron chi connectivity index (χ4n) is 3.38. The highest BCUT2D eigenvalue weighted by Gasteiger charge is 2.31. The molecule has 1 heterocycles. The van der Waals surface area contributed by atoms with Gasteiger partial charge in [-0.25, -0.2) is 0 Å². The van der Waals surface area contributed by atoms with Crippen molar-refractivity contribution in [1.82, 2.24) is 0 Å². The lowest BCUT2D eigenvalue weighted by Gasteiger charge is -2.18. The maximum absolute atomic E-state index is 12.8. The Morgan fingerprint density at radius 3 is 2.56 bits per heavy atom. The zero-order valence-corrected chi connectivity index (χ0v) is 15.0. The van der Waals surface area contributed by atoms with Crippen LogP contribution in [0.3, 0.4) is 0 Å². The monoisotopic (exact) mass is 362 g/mol. The van der Waals surface area contributed by atoms with E-state index in [4.69, 9.17) is 9.47 Å². The molecule has 0 bridgehead atoms. The van der Waals surface area contributed by atoms with Crippen molar-refractivity contribution < 1.29 is 19.1 Å². The minimum absolute atomic E-state index is 0.0903. The van der Waals surface area contributed by atoms with Crippen molar-refractivity contribution in [1.29, 1.82) is 0 Å². The van der Waals surface area contributed by atoms with E-state index < -0.39 is 0 Å². The third-order valence-electron chi connectivity index (χ3n) is 4.63. The second kappa shape index (κ2) is 6.64. The van der Waals surface area contributed by atoms with Gasteiger partial charge in [0, 0.05) is 17.0 Å². The SMILES string of the molecule is COc1ccc(OC)c(NC(=O)CN2C(=O)c3cccc4cccc2c34)c1. The number of amides is 2. The Hall–Kier alpha value is -3.54. The van der Waals surface area contributed by atoms with Crippen LogP contribution in [0.4, 0.5) is 11.4 Å². The predicted octanol–water partition coefficient (Wildman–Crippen LogP) is 3.46. The summed E-state index contributed by atoms with van der Waals surface area (Å²) in [6, 6.07) is 16.4. The molecule has 0 saturated heterocycles. The highest BCUT2D eigenvalue weighted by molar-refractivity contribution is 6.26. The van der Waals surface area contributed by atoms with Gasteiger partial charge in [-0.15, -0.1) is 0 Å². The van der Waals surface area contributed by atoms with E-state index in [1.807, 2.05) is 30.3 Å². The lowest BCUT2D eigenvalue weighted by molar-refractivity contribution is -0.114. The smallest absolute Gasteiger partial charge is 0.259 e. The summed E-state index contributed by atoms with van der Waals surface area (Å²) >= 11 is 0. The maximum Gasteiger partial charge on any atom is 0.259 e. The number of anilines is 2. The van der Waals surface area contributed by atoms with Crippen LogP contribution in [0.1, 0.15) is 10.4 Å². The number of carbonyl (C=O) groups is 2. The van der Waals surface area contributed by atoms with Gasteiger partial charge in [-0.05, 0) is 29.7 Å². The van der Waals surface area contributed by atoms with Gasteiger partial charge in [0.2, 0.25) is 5.91 Å². The topological polar surface area (TPSA) is 67.9 Å². The van der Waals surface area contributed by atoms with Gasteiger partial charge in [-0.1, -0.05) is 24.3 Å². The summed E-state index contributed by atoms with van der Waals surface area (Å²) in [7, 11) is 3.08. The van der Waals surface area contributed by atoms with Crippen molar-refractivity contribution in [3.63, 3.8) is 0 Å². The Labute approximate surface area is 156 Å². The minimum atomic E-state index is -0.320. The van der Waals surface area contributed by atoms with Crippen LogP contribution in [0, 0.1) is 0 Å². The van der Waals surface area contributed by atoms with Gasteiger partial charge in [0.25, 0.3) is 5.91 Å². The average molecular weight is 362 g/mol. The number of rotatable bonds is 5. The van der Waals surface area contributed by atoms with E-state index in [9.17, 15) is 9.59 Å². The number of hydrogen-bond donors (Lipinski definition) is 1. The number of nitrogens with zero attached hydrogens (tertiary/aromatic N) is 1. The van der Waals surface area contributed by atoms with Crippen molar-refractivity contribution in [2.24, 2.45) is 0 Å². The molecule has 0 atom stereocenters. The zero-order chi connectivity index (χ0) is 19.0. The summed E-state index contributed by atoms with van der Waals surface area (Å²) in [6.07, 6.45) is 0. The molecule has 0 fully saturated rings. The Morgan fingerprint density at radius 2 is 1.81 bits per heavy atom. The molecule has 3 aromatic rings. The highest BCUT2D eigenvalue weighted by Crippen LogP contribution is 2.37. The molecule has 0 unspecified atom stereocenters. The van der Waals surface area contributed by atoms with Gasteiger partial charge < -0.3 is 14.8 Å². The quantitative estimate of drug-likeness (QED) is 0.755. The molecule has 1 aliphatic rings. The first-order valence-corrected chi connectivity index (χ1v) is 8.48. The molecule has 0 spiro atoms. The molecule has 2 amide bonds. The average Bonchev–Trinajstić information content (AvgIpc) is 2.96. The first-order chi connectivity index (χ1) is 13.1. The molecule has 4 rings (SSSR count). The standard InChI is InChI=1S/C21H18N2O4/c1-26-14-9-10-18(27-2)16(11-14)22-19(24)12-23-17-8-4-6-13-5-3-7-15(20(13)17)21(23)25/h3-11H,12H2,1-2H3,(H,22,24). The van der Waals surface area contributed by atoms with Crippen LogP contribution in [0.25, 0.3) is 10.8 Å². The molecule has 1 N–H and O–H groups in total. The Balaban J connectivity index is 1.60. The summed E-state index contributed by atoms with van der Waals surface area (Å²) in [5, 5.41) is 4.67. The van der Waals surface area contributed by atoms with Crippen molar-refractivity contribution in [2.45, 2.75) is 0 Å². The van der Waals surface area contributed by atoms with E-state index in [-0.39, 0.29) is 18.4 Å². The lowest BCUT2D eigenvalue weighted by atomic mass is 10.1. The second-order valence-electron chi connectivity index (χ2n) is 6.19. The zero-order valence-electron chi connectivity index (χ0n) is 15.0. The number of benzene rings is 3. The Kier molecular flexibility index (Phi) is 4.16. The van der Waals surface area contributed by atoms with Crippen LogP contribution in [0.2, 0.25) is 0 Å². The summed E-state index contributed by atoms with van der Waals surface area (Å²) in [5.74, 6) is 0.622. The number of carbonyl (C=O) groups excluding carboxylic acids is 2. The van der Waals surface area contributed by atoms with E-state index in [2.05, 4.69) is 5.32 Å². The van der Waals surface area contributed by atoms with Gasteiger partial charge in [-0.2, -0.15) is 0 Å². The molecule has 0 aromatic heterocycles. The molecule has 27 heavy (non-hydrogen) atoms. The molecule has 3 aromatic carbocycles. The first kappa shape index (κ1) is 16.9. The molecular formula is C21H18N2O4. The summed E-state index contributed by atoms with van der Waals surface area (Å²) in [6.45, 7) is -0.0903. The molecule has 6 heteroatoms. The van der Waals surface area contributed by atoms with E-state index in [1.165, 1.54) is 12.0 Å². The van der Waals surface area contributed by atoms with Crippen LogP contribution in [-0.2, 0) is 4.79 Å². The van der Waals surface area contributed by atoms with Gasteiger partial charge in [-0.3, -0.25) is 14.5 Å². The number of hydrogen-bond acceptors (Lipinski definition) is 4. The summed E-state index contributed by atoms with van der Waals surface area (Å²) in [4.78, 5) is 26.9. The largest absolute Gasteiger partial charge is 0.497 e. The van der Waals surface area contributed by atoms with E-state index in [1.54, 1.807) is 31.4 Å². The number of ether oxygens (including phenoxy) is 2. The van der Waals surface area contributed by atoms with Gasteiger partial charge >= 0.3 is 0 Å². The molecule has 0 radical (unpaired) electrons. The molecule has 1 aliphatic heterocycles. The summed E-state index contributed by atoms with van der Waals surface area (Å²) in [5.41, 5.74) is 1.86. The normalized spacial score (nSPS) is 12.4. The fourth-order valence-corrected chi connectivity index (χ4v) is 3.38. The van der Waals surface area contributed by atoms with E-state index in [0.717, 1.165) is 16.5 Å². The van der Waals surface area contributed by atoms with Crippen LogP contribution in [0.15, 0.2) is 54.6 Å². The minimum Gasteiger partial charge on any atom is -0.497 e. The van der Waals surface area contributed by atoms with E-state index in [0.29, 0.717) is 22.7 Å². The fraction of sp³-hybridized carbons (Fsp3) is 0.143. The maximum atomic E-state index is 12.8. The molecule has 0 saturated carbocycles. The van der Waals surface area contributed by atoms with Crippen molar-refractivity contribution in [2.75, 3.05) is 31.0 Å². The lowest BCUT2D eigenvalue weighted by Crippen LogP contribution is -2.35. The van der Waals surface area contributed by atoms with Gasteiger partial charge in [0.05, 0.1) is 25.6 Å². The number of methoxy groups -OCH3 is 2. The van der Waals surface area contributed by atoms with Crippen LogP contribution < -0.4 is 19.7 Å². The molecule has 6 nitrogen and oxygen atoms in total. The van der Waals surface area contributed by atoms with Gasteiger partial charge in [0.15, 0.2) is 0 Å². The summed E-state index contributed by atoms with van der Waals surface area (Å²) < 4.78 is 10.5. The van der Waals surface area contributed by atoms with Gasteiger partial charge in [0.1, 0.15) is 18.0 Å². The Bertz CT molecular complexity index is 1060. The van der Waals surface area contributed by atoms with Crippen LogP contribution in [0.5, 0.6) is 11.5 Å². The number of nitrogens with one attached hydrogen (secondary N) is 1. The van der Waals surface area contributed by atoms with E-state index >= 15 is 0 Å². The van der Waals surface area contributed by atoms with Crippen molar-refractivity contribution in [3.8, 4) is 11.5 Å². The second-order valence-corrected chi connectivity index (χ2v) is 6.19. The first-order valence-electron chi connectivity index (χ1n) is 8.48. The third-order valence-corrected chi connectivity index (χ3v) is 4.63. The van der Waals surface area contributed by atoms with Crippen LogP contribution >= 0.6 is 0 Å². The highest BCUT2D eigenvalue weighted by atomic mass is 16.5. The Morgan fingerprint density at radius 1 is 1.04 bits per heavy atom. The van der Waals surface area contributed by atoms with Crippen molar-refractivity contribution >= 4 is 34.0 Å². The van der Waals surface area contributed by atoms with Crippen molar-refractivity contribution in [3.05, 3.63) is 60.2 Å². The third kappa shape index (κ3) is 2.85. The predicted molar refractivity (Wildman–Crippen MR) is 104 cm³/mol. The van der Waals surface area contributed by atoms with Crippen LogP contribution in [-0.4, -0.2) is 32.6 Å². The molecule has 136 valence electrons.